The summed E-state index contributed by atoms with van der Waals surface area (Å²) in [6.07, 6.45) is 5.98. The van der Waals surface area contributed by atoms with Gasteiger partial charge in [0, 0.05) is 18.3 Å². The van der Waals surface area contributed by atoms with Crippen LogP contribution in [-0.4, -0.2) is 19.4 Å². The van der Waals surface area contributed by atoms with Crippen molar-refractivity contribution in [2.45, 2.75) is 43.5 Å². The molecule has 1 fully saturated rings. The van der Waals surface area contributed by atoms with Gasteiger partial charge in [-0.3, -0.25) is 0 Å². The molecule has 1 aromatic heterocycles. The molecule has 106 valence electrons. The van der Waals surface area contributed by atoms with E-state index in [1.807, 2.05) is 6.92 Å². The molecule has 0 spiro atoms. The van der Waals surface area contributed by atoms with Crippen LogP contribution in [0.15, 0.2) is 23.2 Å². The Morgan fingerprint density at radius 3 is 2.74 bits per heavy atom. The van der Waals surface area contributed by atoms with Crippen LogP contribution in [0.25, 0.3) is 0 Å². The first-order chi connectivity index (χ1) is 9.03. The molecule has 1 aliphatic rings. The highest BCUT2D eigenvalue weighted by Crippen LogP contribution is 2.28. The number of pyridine rings is 1. The average Bonchev–Trinajstić information content (AvgIpc) is 2.92. The Morgan fingerprint density at radius 1 is 1.42 bits per heavy atom. The lowest BCUT2D eigenvalue weighted by molar-refractivity contribution is 0.424. The summed E-state index contributed by atoms with van der Waals surface area (Å²) in [6.45, 7) is 1.93. The number of nitrogen functional groups attached to an aromatic ring is 1. The lowest BCUT2D eigenvalue weighted by Gasteiger charge is -2.20. The zero-order chi connectivity index (χ0) is 13.9. The fourth-order valence-electron chi connectivity index (χ4n) is 2.52. The molecule has 6 nitrogen and oxygen atoms in total. The molecule has 1 unspecified atom stereocenters. The average molecular weight is 284 g/mol. The first-order valence-corrected chi connectivity index (χ1v) is 7.96. The van der Waals surface area contributed by atoms with E-state index in [0.29, 0.717) is 11.7 Å². The number of hydrogen-bond donors (Lipinski definition) is 3. The maximum absolute atomic E-state index is 12.3. The Bertz CT molecular complexity index is 526. The minimum Gasteiger partial charge on any atom is -0.308 e. The number of hydrogen-bond acceptors (Lipinski definition) is 5. The summed E-state index contributed by atoms with van der Waals surface area (Å²) in [7, 11) is -3.52. The molecule has 0 radical (unpaired) electrons. The zero-order valence-corrected chi connectivity index (χ0v) is 11.8. The Kier molecular flexibility index (Phi) is 4.38. The second-order valence-corrected chi connectivity index (χ2v) is 6.69. The van der Waals surface area contributed by atoms with Crippen molar-refractivity contribution in [1.29, 1.82) is 0 Å². The molecule has 19 heavy (non-hydrogen) atoms. The van der Waals surface area contributed by atoms with E-state index < -0.39 is 10.0 Å². The molecule has 0 saturated heterocycles. The van der Waals surface area contributed by atoms with E-state index in [4.69, 9.17) is 5.84 Å². The van der Waals surface area contributed by atoms with Crippen molar-refractivity contribution in [2.24, 2.45) is 11.8 Å². The molecule has 1 heterocycles. The Hall–Kier alpha value is -1.18. The van der Waals surface area contributed by atoms with E-state index in [0.717, 1.165) is 12.8 Å². The number of nitrogens with zero attached hydrogens (tertiary/aromatic N) is 1. The van der Waals surface area contributed by atoms with Crippen LogP contribution < -0.4 is 16.0 Å². The zero-order valence-electron chi connectivity index (χ0n) is 11.0. The highest BCUT2D eigenvalue weighted by Gasteiger charge is 2.26. The van der Waals surface area contributed by atoms with Crippen molar-refractivity contribution in [3.05, 3.63) is 18.3 Å². The first kappa shape index (κ1) is 14.2. The standard InChI is InChI=1S/C12H20N4O2S/c1-9(10-4-2-3-5-10)16-19(17,18)11-6-7-14-12(8-11)15-13/h6-10,16H,2-5,13H2,1H3,(H,14,15). The van der Waals surface area contributed by atoms with Crippen LogP contribution in [0.4, 0.5) is 5.82 Å². The largest absolute Gasteiger partial charge is 0.308 e. The number of rotatable bonds is 5. The van der Waals surface area contributed by atoms with Gasteiger partial charge < -0.3 is 5.43 Å². The Morgan fingerprint density at radius 2 is 2.11 bits per heavy atom. The molecule has 1 aromatic rings. The van der Waals surface area contributed by atoms with Crippen LogP contribution >= 0.6 is 0 Å². The SMILES string of the molecule is CC(NS(=O)(=O)c1ccnc(NN)c1)C1CCCC1. The minimum atomic E-state index is -3.52. The monoisotopic (exact) mass is 284 g/mol. The Balaban J connectivity index is 2.12. The summed E-state index contributed by atoms with van der Waals surface area (Å²) in [5.41, 5.74) is 2.34. The van der Waals surface area contributed by atoms with Crippen LogP contribution in [0.2, 0.25) is 0 Å². The van der Waals surface area contributed by atoms with Crippen LogP contribution in [0.3, 0.4) is 0 Å². The quantitative estimate of drug-likeness (QED) is 0.558. The lowest BCUT2D eigenvalue weighted by atomic mass is 10.0. The molecule has 0 bridgehead atoms. The van der Waals surface area contributed by atoms with Gasteiger partial charge >= 0.3 is 0 Å². The summed E-state index contributed by atoms with van der Waals surface area (Å²) >= 11 is 0. The van der Waals surface area contributed by atoms with Crippen molar-refractivity contribution >= 4 is 15.8 Å². The van der Waals surface area contributed by atoms with Crippen molar-refractivity contribution in [2.75, 3.05) is 5.43 Å². The molecule has 7 heteroatoms. The molecule has 0 aliphatic heterocycles. The van der Waals surface area contributed by atoms with Gasteiger partial charge in [-0.05, 0) is 31.7 Å². The van der Waals surface area contributed by atoms with Crippen molar-refractivity contribution in [1.82, 2.24) is 9.71 Å². The van der Waals surface area contributed by atoms with Gasteiger partial charge in [-0.15, -0.1) is 0 Å². The van der Waals surface area contributed by atoms with Crippen LogP contribution in [0.1, 0.15) is 32.6 Å². The number of nitrogens with two attached hydrogens (primary N) is 1. The summed E-state index contributed by atoms with van der Waals surface area (Å²) in [4.78, 5) is 4.08. The van der Waals surface area contributed by atoms with Crippen LogP contribution in [0, 0.1) is 5.92 Å². The van der Waals surface area contributed by atoms with E-state index in [9.17, 15) is 8.42 Å². The molecular formula is C12H20N4O2S. The third-order valence-electron chi connectivity index (χ3n) is 3.64. The number of hydrazine groups is 1. The molecular weight excluding hydrogens is 264 g/mol. The predicted molar refractivity (Wildman–Crippen MR) is 73.8 cm³/mol. The van der Waals surface area contributed by atoms with Crippen molar-refractivity contribution in [3.8, 4) is 0 Å². The molecule has 0 amide bonds. The predicted octanol–water partition coefficient (Wildman–Crippen LogP) is 1.22. The number of anilines is 1. The van der Waals surface area contributed by atoms with E-state index >= 15 is 0 Å². The summed E-state index contributed by atoms with van der Waals surface area (Å²) in [5, 5.41) is 0. The van der Waals surface area contributed by atoms with E-state index in [-0.39, 0.29) is 10.9 Å². The topological polar surface area (TPSA) is 97.1 Å². The number of sulfonamides is 1. The third-order valence-corrected chi connectivity index (χ3v) is 5.19. The maximum atomic E-state index is 12.3. The fourth-order valence-corrected chi connectivity index (χ4v) is 3.85. The second kappa shape index (κ2) is 5.85. The number of aromatic nitrogens is 1. The van der Waals surface area contributed by atoms with E-state index in [1.165, 1.54) is 31.2 Å². The van der Waals surface area contributed by atoms with E-state index in [2.05, 4.69) is 15.1 Å². The summed E-state index contributed by atoms with van der Waals surface area (Å²) in [6, 6.07) is 2.84. The minimum absolute atomic E-state index is 0.0463. The van der Waals surface area contributed by atoms with E-state index in [1.54, 1.807) is 0 Å². The maximum Gasteiger partial charge on any atom is 0.241 e. The highest BCUT2D eigenvalue weighted by molar-refractivity contribution is 7.89. The lowest BCUT2D eigenvalue weighted by Crippen LogP contribution is -2.37. The van der Waals surface area contributed by atoms with Gasteiger partial charge in [0.25, 0.3) is 0 Å². The van der Waals surface area contributed by atoms with Gasteiger partial charge in [-0.25, -0.2) is 24.0 Å². The summed E-state index contributed by atoms with van der Waals surface area (Å²) in [5.74, 6) is 6.00. The number of nitrogens with one attached hydrogen (secondary N) is 2. The van der Waals surface area contributed by atoms with Crippen LogP contribution in [-0.2, 0) is 10.0 Å². The molecule has 1 atom stereocenters. The normalized spacial score (nSPS) is 18.4. The second-order valence-electron chi connectivity index (χ2n) is 4.98. The smallest absolute Gasteiger partial charge is 0.241 e. The molecule has 0 aromatic carbocycles. The van der Waals surface area contributed by atoms with Crippen molar-refractivity contribution < 1.29 is 8.42 Å². The van der Waals surface area contributed by atoms with Gasteiger partial charge in [0.2, 0.25) is 10.0 Å². The Labute approximate surface area is 113 Å². The summed E-state index contributed by atoms with van der Waals surface area (Å²) < 4.78 is 27.3. The van der Waals surface area contributed by atoms with Gasteiger partial charge in [0.15, 0.2) is 0 Å². The molecule has 2 rings (SSSR count). The molecule has 1 saturated carbocycles. The molecule has 1 aliphatic carbocycles. The van der Waals surface area contributed by atoms with Gasteiger partial charge in [0.1, 0.15) is 5.82 Å². The first-order valence-electron chi connectivity index (χ1n) is 6.48. The molecule has 4 N–H and O–H groups in total. The highest BCUT2D eigenvalue weighted by atomic mass is 32.2. The van der Waals surface area contributed by atoms with Crippen LogP contribution in [0.5, 0.6) is 0 Å². The van der Waals surface area contributed by atoms with Gasteiger partial charge in [-0.1, -0.05) is 12.8 Å². The fraction of sp³-hybridized carbons (Fsp3) is 0.583. The van der Waals surface area contributed by atoms with Gasteiger partial charge in [-0.2, -0.15) is 0 Å². The van der Waals surface area contributed by atoms with Crippen molar-refractivity contribution in [3.63, 3.8) is 0 Å². The van der Waals surface area contributed by atoms with Gasteiger partial charge in [0.05, 0.1) is 4.90 Å². The third kappa shape index (κ3) is 3.43.